The molecular weight excluding hydrogens is 236 g/mol. The maximum absolute atomic E-state index is 11.1. The van der Waals surface area contributed by atoms with Crippen LogP contribution in [0.25, 0.3) is 16.3 Å². The van der Waals surface area contributed by atoms with Crippen molar-refractivity contribution in [3.05, 3.63) is 59.8 Å². The Labute approximate surface area is 113 Å². The summed E-state index contributed by atoms with van der Waals surface area (Å²) in [5, 5.41) is 2.39. The molecule has 2 heteroatoms. The quantitative estimate of drug-likeness (QED) is 0.469. The number of benzene rings is 2. The molecule has 96 valence electrons. The van der Waals surface area contributed by atoms with Crippen LogP contribution in [0.3, 0.4) is 0 Å². The van der Waals surface area contributed by atoms with Gasteiger partial charge in [-0.15, -0.1) is 5.73 Å². The number of hydrogen-bond acceptors (Lipinski definition) is 2. The fraction of sp³-hybridized carbons (Fsp3) is 0.176. The normalized spacial score (nSPS) is 9.79. The molecule has 2 rings (SSSR count). The Bertz CT molecular complexity index is 662. The highest BCUT2D eigenvalue weighted by Gasteiger charge is 2.00. The average molecular weight is 252 g/mol. The molecule has 0 aliphatic heterocycles. The van der Waals surface area contributed by atoms with Crippen LogP contribution in [0.1, 0.15) is 18.9 Å². The number of carbonyl (C=O) groups excluding carboxylic acids is 1. The van der Waals surface area contributed by atoms with Crippen LogP contribution in [-0.2, 0) is 9.53 Å². The molecule has 0 heterocycles. The van der Waals surface area contributed by atoms with E-state index in [1.54, 1.807) is 0 Å². The van der Waals surface area contributed by atoms with Crippen molar-refractivity contribution >= 4 is 22.3 Å². The Morgan fingerprint density at radius 3 is 2.63 bits per heavy atom. The average Bonchev–Trinajstić information content (AvgIpc) is 2.47. The van der Waals surface area contributed by atoms with Gasteiger partial charge in [0.25, 0.3) is 0 Å². The Kier molecular flexibility index (Phi) is 4.17. The first-order valence-corrected chi connectivity index (χ1v) is 6.27. The van der Waals surface area contributed by atoms with Gasteiger partial charge in [-0.1, -0.05) is 43.3 Å². The zero-order valence-corrected chi connectivity index (χ0v) is 11.1. The number of fused-ring (bicyclic) bond motifs is 1. The molecule has 0 atom stereocenters. The van der Waals surface area contributed by atoms with Gasteiger partial charge in [-0.25, -0.2) is 4.79 Å². The van der Waals surface area contributed by atoms with E-state index in [0.29, 0.717) is 0 Å². The molecule has 0 radical (unpaired) electrons. The molecule has 0 bridgehead atoms. The van der Waals surface area contributed by atoms with Crippen molar-refractivity contribution < 1.29 is 9.53 Å². The number of esters is 1. The van der Waals surface area contributed by atoms with Crippen molar-refractivity contribution in [2.75, 3.05) is 7.11 Å². The van der Waals surface area contributed by atoms with Gasteiger partial charge >= 0.3 is 5.97 Å². The van der Waals surface area contributed by atoms with Crippen molar-refractivity contribution in [1.82, 2.24) is 0 Å². The van der Waals surface area contributed by atoms with Crippen molar-refractivity contribution in [1.29, 1.82) is 0 Å². The highest BCUT2D eigenvalue weighted by Crippen LogP contribution is 2.22. The summed E-state index contributed by atoms with van der Waals surface area (Å²) in [4.78, 5) is 11.1. The third kappa shape index (κ3) is 3.12. The first-order valence-electron chi connectivity index (χ1n) is 6.27. The van der Waals surface area contributed by atoms with E-state index in [2.05, 4.69) is 40.8 Å². The molecule has 0 aliphatic rings. The number of carbonyl (C=O) groups is 1. The van der Waals surface area contributed by atoms with Crippen molar-refractivity contribution in [3.63, 3.8) is 0 Å². The lowest BCUT2D eigenvalue weighted by atomic mass is 10.0. The topological polar surface area (TPSA) is 26.3 Å². The summed E-state index contributed by atoms with van der Waals surface area (Å²) in [6, 6.07) is 14.5. The van der Waals surface area contributed by atoms with Gasteiger partial charge in [-0.2, -0.15) is 0 Å². The van der Waals surface area contributed by atoms with Crippen LogP contribution >= 0.6 is 0 Å². The van der Waals surface area contributed by atoms with Crippen molar-refractivity contribution in [3.8, 4) is 0 Å². The minimum Gasteiger partial charge on any atom is -0.465 e. The Morgan fingerprint density at radius 2 is 1.95 bits per heavy atom. The lowest BCUT2D eigenvalue weighted by Gasteiger charge is -2.04. The zero-order valence-electron chi connectivity index (χ0n) is 11.1. The molecule has 2 aromatic carbocycles. The summed E-state index contributed by atoms with van der Waals surface area (Å²) in [6.45, 7) is 2.04. The molecule has 0 aliphatic carbocycles. The molecule has 0 saturated carbocycles. The Balaban J connectivity index is 2.46. The summed E-state index contributed by atoms with van der Waals surface area (Å²) in [5.74, 6) is -0.383. The summed E-state index contributed by atoms with van der Waals surface area (Å²) >= 11 is 0. The van der Waals surface area contributed by atoms with Crippen LogP contribution in [0.2, 0.25) is 0 Å². The lowest BCUT2D eigenvalue weighted by molar-refractivity contribution is -0.134. The molecule has 19 heavy (non-hydrogen) atoms. The summed E-state index contributed by atoms with van der Waals surface area (Å²) in [6.07, 6.45) is 2.15. The minimum absolute atomic E-state index is 0.383. The summed E-state index contributed by atoms with van der Waals surface area (Å²) < 4.78 is 4.58. The Morgan fingerprint density at radius 1 is 1.21 bits per heavy atom. The molecule has 0 N–H and O–H groups in total. The lowest BCUT2D eigenvalue weighted by Crippen LogP contribution is -1.92. The van der Waals surface area contributed by atoms with E-state index in [4.69, 9.17) is 0 Å². The van der Waals surface area contributed by atoms with Crippen LogP contribution < -0.4 is 0 Å². The fourth-order valence-electron chi connectivity index (χ4n) is 1.97. The van der Waals surface area contributed by atoms with Crippen LogP contribution in [0, 0.1) is 0 Å². The van der Waals surface area contributed by atoms with Gasteiger partial charge in [0.05, 0.1) is 13.2 Å². The molecule has 0 saturated heterocycles. The molecular formula is C17H16O2. The van der Waals surface area contributed by atoms with Crippen LogP contribution in [0.5, 0.6) is 0 Å². The van der Waals surface area contributed by atoms with Crippen molar-refractivity contribution in [2.45, 2.75) is 13.3 Å². The van der Waals surface area contributed by atoms with Gasteiger partial charge in [-0.05, 0) is 28.8 Å². The van der Waals surface area contributed by atoms with Crippen molar-refractivity contribution in [2.24, 2.45) is 0 Å². The van der Waals surface area contributed by atoms with E-state index in [1.165, 1.54) is 24.0 Å². The van der Waals surface area contributed by atoms with E-state index in [1.807, 2.05) is 19.1 Å². The molecule has 0 fully saturated rings. The molecule has 0 unspecified atom stereocenters. The minimum atomic E-state index is -0.383. The van der Waals surface area contributed by atoms with Crippen LogP contribution in [0.15, 0.2) is 54.3 Å². The fourth-order valence-corrected chi connectivity index (χ4v) is 1.97. The Hall–Kier alpha value is -2.31. The smallest absolute Gasteiger partial charge is 0.338 e. The number of hydrogen-bond donors (Lipinski definition) is 0. The van der Waals surface area contributed by atoms with Gasteiger partial charge in [0, 0.05) is 5.57 Å². The third-order valence-electron chi connectivity index (χ3n) is 3.02. The van der Waals surface area contributed by atoms with E-state index in [0.717, 1.165) is 17.6 Å². The third-order valence-corrected chi connectivity index (χ3v) is 3.02. The summed E-state index contributed by atoms with van der Waals surface area (Å²) in [5.41, 5.74) is 5.10. The maximum Gasteiger partial charge on any atom is 0.338 e. The number of rotatable bonds is 3. The zero-order chi connectivity index (χ0) is 13.7. The summed E-state index contributed by atoms with van der Waals surface area (Å²) in [7, 11) is 1.36. The number of methoxy groups -OCH3 is 1. The SMILES string of the molecule is CCC(=C=CC(=O)OC)c1ccc2ccccc2c1. The van der Waals surface area contributed by atoms with E-state index in [-0.39, 0.29) is 5.97 Å². The molecule has 2 nitrogen and oxygen atoms in total. The standard InChI is InChI=1S/C17H16O2/c1-3-13(10-11-17(18)19-2)16-9-8-14-6-4-5-7-15(14)12-16/h4-9,11-12H,3H2,1-2H3. The first kappa shape index (κ1) is 13.1. The predicted octanol–water partition coefficient (Wildman–Crippen LogP) is 3.96. The second kappa shape index (κ2) is 6.03. The van der Waals surface area contributed by atoms with E-state index in [9.17, 15) is 4.79 Å². The first-order chi connectivity index (χ1) is 9.24. The molecule has 0 aromatic heterocycles. The van der Waals surface area contributed by atoms with Gasteiger partial charge in [0.1, 0.15) is 0 Å². The van der Waals surface area contributed by atoms with Crippen LogP contribution in [0.4, 0.5) is 0 Å². The van der Waals surface area contributed by atoms with Gasteiger partial charge in [0.15, 0.2) is 0 Å². The van der Waals surface area contributed by atoms with E-state index < -0.39 is 0 Å². The second-order valence-electron chi connectivity index (χ2n) is 4.21. The van der Waals surface area contributed by atoms with Crippen LogP contribution in [-0.4, -0.2) is 13.1 Å². The monoisotopic (exact) mass is 252 g/mol. The number of ether oxygens (including phenoxy) is 1. The largest absolute Gasteiger partial charge is 0.465 e. The van der Waals surface area contributed by atoms with Gasteiger partial charge in [-0.3, -0.25) is 0 Å². The second-order valence-corrected chi connectivity index (χ2v) is 4.21. The molecule has 2 aromatic rings. The predicted molar refractivity (Wildman–Crippen MR) is 77.7 cm³/mol. The highest BCUT2D eigenvalue weighted by molar-refractivity contribution is 5.87. The van der Waals surface area contributed by atoms with E-state index >= 15 is 0 Å². The maximum atomic E-state index is 11.1. The molecule has 0 amide bonds. The highest BCUT2D eigenvalue weighted by atomic mass is 16.5. The van der Waals surface area contributed by atoms with Gasteiger partial charge < -0.3 is 4.74 Å². The van der Waals surface area contributed by atoms with Gasteiger partial charge in [0.2, 0.25) is 0 Å². The molecule has 0 spiro atoms.